The molecular weight excluding hydrogens is 258 g/mol. The van der Waals surface area contributed by atoms with E-state index in [0.717, 1.165) is 25.8 Å². The van der Waals surface area contributed by atoms with E-state index in [9.17, 15) is 0 Å². The van der Waals surface area contributed by atoms with Crippen LogP contribution in [-0.2, 0) is 25.8 Å². The summed E-state index contributed by atoms with van der Waals surface area (Å²) in [5.41, 5.74) is 11.2. The number of aromatic nitrogens is 2. The van der Waals surface area contributed by atoms with Gasteiger partial charge in [0.2, 0.25) is 0 Å². The van der Waals surface area contributed by atoms with Crippen molar-refractivity contribution in [2.75, 3.05) is 6.54 Å². The molecule has 1 unspecified atom stereocenters. The smallest absolute Gasteiger partial charge is 0.0624 e. The lowest BCUT2D eigenvalue weighted by atomic mass is 9.94. The highest BCUT2D eigenvalue weighted by atomic mass is 15.3. The molecule has 0 bridgehead atoms. The molecule has 2 rings (SSSR count). The Hall–Kier alpha value is -1.61. The van der Waals surface area contributed by atoms with Gasteiger partial charge in [-0.3, -0.25) is 4.68 Å². The zero-order chi connectivity index (χ0) is 15.2. The van der Waals surface area contributed by atoms with Crippen molar-refractivity contribution >= 4 is 0 Å². The van der Waals surface area contributed by atoms with Gasteiger partial charge in [0.05, 0.1) is 5.69 Å². The van der Waals surface area contributed by atoms with Gasteiger partial charge in [-0.2, -0.15) is 5.10 Å². The molecule has 0 saturated carbocycles. The van der Waals surface area contributed by atoms with Gasteiger partial charge in [0.25, 0.3) is 0 Å². The van der Waals surface area contributed by atoms with Crippen molar-refractivity contribution in [1.29, 1.82) is 0 Å². The van der Waals surface area contributed by atoms with E-state index in [-0.39, 0.29) is 0 Å². The Morgan fingerprint density at radius 1 is 1.14 bits per heavy atom. The lowest BCUT2D eigenvalue weighted by molar-refractivity contribution is 0.499. The highest BCUT2D eigenvalue weighted by Gasteiger charge is 2.13. The first-order valence-corrected chi connectivity index (χ1v) is 7.97. The van der Waals surface area contributed by atoms with Crippen molar-refractivity contribution in [2.45, 2.75) is 46.6 Å². The molecule has 1 heterocycles. The van der Waals surface area contributed by atoms with Crippen molar-refractivity contribution in [1.82, 2.24) is 9.78 Å². The molecule has 2 N–H and O–H groups in total. The lowest BCUT2D eigenvalue weighted by Crippen LogP contribution is -2.21. The molecule has 1 aromatic carbocycles. The van der Waals surface area contributed by atoms with Gasteiger partial charge in [-0.05, 0) is 57.2 Å². The maximum atomic E-state index is 6.00. The Labute approximate surface area is 128 Å². The number of hydrogen-bond donors (Lipinski definition) is 1. The first-order valence-electron chi connectivity index (χ1n) is 7.97. The van der Waals surface area contributed by atoms with Crippen LogP contribution in [0.3, 0.4) is 0 Å². The quantitative estimate of drug-likeness (QED) is 0.849. The normalized spacial score (nSPS) is 12.6. The van der Waals surface area contributed by atoms with Gasteiger partial charge in [0, 0.05) is 12.2 Å². The standard InChI is InChI=1S/C18H27N3/c1-4-17-12-18(21(5-2)20-17)11-16(13-19)10-15-8-6-14(3)7-9-15/h6-9,12,16H,4-5,10-11,13,19H2,1-3H3. The number of hydrogen-bond acceptors (Lipinski definition) is 2. The highest BCUT2D eigenvalue weighted by Crippen LogP contribution is 2.16. The third-order valence-electron chi connectivity index (χ3n) is 4.05. The van der Waals surface area contributed by atoms with Crippen molar-refractivity contribution in [2.24, 2.45) is 11.7 Å². The molecule has 0 radical (unpaired) electrons. The Morgan fingerprint density at radius 3 is 2.43 bits per heavy atom. The van der Waals surface area contributed by atoms with Gasteiger partial charge in [0.1, 0.15) is 0 Å². The van der Waals surface area contributed by atoms with E-state index in [1.54, 1.807) is 0 Å². The Morgan fingerprint density at radius 2 is 1.86 bits per heavy atom. The van der Waals surface area contributed by atoms with Gasteiger partial charge >= 0.3 is 0 Å². The molecule has 0 aliphatic heterocycles. The first kappa shape index (κ1) is 15.8. The molecule has 3 nitrogen and oxygen atoms in total. The van der Waals surface area contributed by atoms with E-state index in [2.05, 4.69) is 60.9 Å². The van der Waals surface area contributed by atoms with Crippen LogP contribution in [0, 0.1) is 12.8 Å². The molecule has 114 valence electrons. The van der Waals surface area contributed by atoms with Crippen molar-refractivity contribution in [3.8, 4) is 0 Å². The lowest BCUT2D eigenvalue weighted by Gasteiger charge is -2.15. The topological polar surface area (TPSA) is 43.8 Å². The average molecular weight is 285 g/mol. The Bertz CT molecular complexity index is 554. The third-order valence-corrected chi connectivity index (χ3v) is 4.05. The van der Waals surface area contributed by atoms with Gasteiger partial charge in [0.15, 0.2) is 0 Å². The van der Waals surface area contributed by atoms with Crippen LogP contribution in [0.15, 0.2) is 30.3 Å². The minimum absolute atomic E-state index is 0.472. The summed E-state index contributed by atoms with van der Waals surface area (Å²) in [7, 11) is 0. The summed E-state index contributed by atoms with van der Waals surface area (Å²) < 4.78 is 2.12. The number of rotatable bonds is 7. The summed E-state index contributed by atoms with van der Waals surface area (Å²) in [4.78, 5) is 0. The van der Waals surface area contributed by atoms with Crippen LogP contribution in [0.25, 0.3) is 0 Å². The first-order chi connectivity index (χ1) is 10.2. The summed E-state index contributed by atoms with van der Waals surface area (Å²) in [6.07, 6.45) is 3.03. The van der Waals surface area contributed by atoms with E-state index in [1.165, 1.54) is 22.5 Å². The molecule has 1 aromatic heterocycles. The van der Waals surface area contributed by atoms with Crippen LogP contribution in [0.5, 0.6) is 0 Å². The molecule has 0 spiro atoms. The van der Waals surface area contributed by atoms with Crippen LogP contribution in [0.1, 0.15) is 36.4 Å². The Kier molecular flexibility index (Phi) is 5.57. The summed E-state index contributed by atoms with van der Waals surface area (Å²) in [5, 5.41) is 4.63. The zero-order valence-corrected chi connectivity index (χ0v) is 13.5. The summed E-state index contributed by atoms with van der Waals surface area (Å²) in [5.74, 6) is 0.472. The molecule has 0 aliphatic rings. The molecule has 0 amide bonds. The largest absolute Gasteiger partial charge is 0.330 e. The van der Waals surface area contributed by atoms with Gasteiger partial charge in [-0.15, -0.1) is 0 Å². The number of nitrogens with zero attached hydrogens (tertiary/aromatic N) is 2. The average Bonchev–Trinajstić information content (AvgIpc) is 2.91. The van der Waals surface area contributed by atoms with Crippen LogP contribution in [-0.4, -0.2) is 16.3 Å². The minimum Gasteiger partial charge on any atom is -0.330 e. The van der Waals surface area contributed by atoms with Crippen LogP contribution in [0.4, 0.5) is 0 Å². The molecule has 1 atom stereocenters. The number of aryl methyl sites for hydroxylation is 3. The predicted molar refractivity (Wildman–Crippen MR) is 88.4 cm³/mol. The van der Waals surface area contributed by atoms with Crippen molar-refractivity contribution in [3.05, 3.63) is 52.8 Å². The van der Waals surface area contributed by atoms with Gasteiger partial charge < -0.3 is 5.73 Å². The summed E-state index contributed by atoms with van der Waals surface area (Å²) in [6, 6.07) is 11.0. The fourth-order valence-corrected chi connectivity index (χ4v) is 2.72. The third kappa shape index (κ3) is 4.18. The Balaban J connectivity index is 2.08. The maximum absolute atomic E-state index is 6.00. The maximum Gasteiger partial charge on any atom is 0.0624 e. The zero-order valence-electron chi connectivity index (χ0n) is 13.5. The van der Waals surface area contributed by atoms with E-state index < -0.39 is 0 Å². The molecule has 2 aromatic rings. The van der Waals surface area contributed by atoms with Gasteiger partial charge in [-0.1, -0.05) is 36.8 Å². The van der Waals surface area contributed by atoms with E-state index in [4.69, 9.17) is 5.73 Å². The van der Waals surface area contributed by atoms with E-state index in [0.29, 0.717) is 12.5 Å². The summed E-state index contributed by atoms with van der Waals surface area (Å²) in [6.45, 7) is 8.06. The van der Waals surface area contributed by atoms with Crippen molar-refractivity contribution < 1.29 is 0 Å². The van der Waals surface area contributed by atoms with E-state index >= 15 is 0 Å². The number of nitrogens with two attached hydrogens (primary N) is 1. The minimum atomic E-state index is 0.472. The second-order valence-corrected chi connectivity index (χ2v) is 5.79. The van der Waals surface area contributed by atoms with E-state index in [1.807, 2.05) is 0 Å². The van der Waals surface area contributed by atoms with Crippen LogP contribution in [0.2, 0.25) is 0 Å². The molecule has 0 fully saturated rings. The fraction of sp³-hybridized carbons (Fsp3) is 0.500. The summed E-state index contributed by atoms with van der Waals surface area (Å²) >= 11 is 0. The molecular formula is C18H27N3. The van der Waals surface area contributed by atoms with Gasteiger partial charge in [-0.25, -0.2) is 0 Å². The second-order valence-electron chi connectivity index (χ2n) is 5.79. The van der Waals surface area contributed by atoms with Crippen molar-refractivity contribution in [3.63, 3.8) is 0 Å². The highest BCUT2D eigenvalue weighted by molar-refractivity contribution is 5.22. The molecule has 3 heteroatoms. The molecule has 0 aliphatic carbocycles. The second kappa shape index (κ2) is 7.41. The molecule has 21 heavy (non-hydrogen) atoms. The molecule has 0 saturated heterocycles. The van der Waals surface area contributed by atoms with Crippen LogP contribution >= 0.6 is 0 Å². The number of benzene rings is 1. The fourth-order valence-electron chi connectivity index (χ4n) is 2.72. The SMILES string of the molecule is CCc1cc(CC(CN)Cc2ccc(C)cc2)n(CC)n1. The predicted octanol–water partition coefficient (Wildman–Crippen LogP) is 3.13. The monoisotopic (exact) mass is 285 g/mol. The van der Waals surface area contributed by atoms with Crippen LogP contribution < -0.4 is 5.73 Å².